The molecule has 1 aromatic carbocycles. The molecule has 1 aliphatic rings. The molecule has 0 radical (unpaired) electrons. The maximum atomic E-state index is 12.3. The first-order valence-electron chi connectivity index (χ1n) is 6.06. The van der Waals surface area contributed by atoms with E-state index in [2.05, 4.69) is 9.88 Å². The van der Waals surface area contributed by atoms with Gasteiger partial charge in [0.05, 0.1) is 19.8 Å². The number of hydrogen-bond acceptors (Lipinski definition) is 4. The molecule has 1 aliphatic heterocycles. The molecule has 96 valence electrons. The predicted octanol–water partition coefficient (Wildman–Crippen LogP) is 1.72. The van der Waals surface area contributed by atoms with Crippen LogP contribution in [0.15, 0.2) is 22.6 Å². The highest BCUT2D eigenvalue weighted by Crippen LogP contribution is 2.22. The van der Waals surface area contributed by atoms with Gasteiger partial charge in [0.25, 0.3) is 0 Å². The van der Waals surface area contributed by atoms with Gasteiger partial charge in [-0.05, 0) is 17.7 Å². The molecule has 0 unspecified atom stereocenters. The highest BCUT2D eigenvalue weighted by molar-refractivity contribution is 5.73. The molecule has 0 aliphatic carbocycles. The van der Waals surface area contributed by atoms with Gasteiger partial charge in [0, 0.05) is 19.0 Å². The Balaban J connectivity index is 1.73. The predicted molar refractivity (Wildman–Crippen MR) is 64.7 cm³/mol. The number of aromatic nitrogens is 1. The van der Waals surface area contributed by atoms with Crippen LogP contribution in [0, 0.1) is 5.92 Å². The fraction of sp³-hybridized carbons (Fsp3) is 0.462. The van der Waals surface area contributed by atoms with Crippen LogP contribution in [0.3, 0.4) is 0 Å². The number of halogens is 1. The molecular formula is C13H15FN2O2. The first kappa shape index (κ1) is 11.6. The number of benzene rings is 1. The third kappa shape index (κ3) is 2.11. The zero-order valence-electron chi connectivity index (χ0n) is 9.97. The molecule has 1 fully saturated rings. The van der Waals surface area contributed by atoms with E-state index < -0.39 is 0 Å². The molecule has 5 heteroatoms. The molecule has 0 amide bonds. The van der Waals surface area contributed by atoms with Crippen molar-refractivity contribution in [3.8, 4) is 0 Å². The third-order valence-electron chi connectivity index (χ3n) is 3.29. The van der Waals surface area contributed by atoms with Crippen LogP contribution in [-0.4, -0.2) is 34.8 Å². The van der Waals surface area contributed by atoms with Gasteiger partial charge in [-0.1, -0.05) is 6.07 Å². The van der Waals surface area contributed by atoms with E-state index in [9.17, 15) is 4.39 Å². The molecule has 2 heterocycles. The maximum Gasteiger partial charge on any atom is 0.209 e. The van der Waals surface area contributed by atoms with Gasteiger partial charge in [0.15, 0.2) is 5.58 Å². The van der Waals surface area contributed by atoms with Gasteiger partial charge in [-0.2, -0.15) is 0 Å². The van der Waals surface area contributed by atoms with Crippen LogP contribution in [0.5, 0.6) is 0 Å². The maximum absolute atomic E-state index is 12.3. The molecule has 1 aromatic heterocycles. The fourth-order valence-electron chi connectivity index (χ4n) is 2.28. The SMILES string of the molecule is OCc1ccc2nc(CN3CC(CF)C3)oc2c1. The average molecular weight is 250 g/mol. The van der Waals surface area contributed by atoms with Crippen LogP contribution in [-0.2, 0) is 13.2 Å². The minimum absolute atomic E-state index is 0.00369. The highest BCUT2D eigenvalue weighted by Gasteiger charge is 2.27. The second-order valence-corrected chi connectivity index (χ2v) is 4.78. The van der Waals surface area contributed by atoms with Gasteiger partial charge < -0.3 is 9.52 Å². The van der Waals surface area contributed by atoms with Crippen molar-refractivity contribution in [2.75, 3.05) is 19.8 Å². The zero-order chi connectivity index (χ0) is 12.5. The van der Waals surface area contributed by atoms with E-state index in [1.54, 1.807) is 6.07 Å². The summed E-state index contributed by atoms with van der Waals surface area (Å²) in [4.78, 5) is 6.49. The Morgan fingerprint density at radius 1 is 1.44 bits per heavy atom. The lowest BCUT2D eigenvalue weighted by Crippen LogP contribution is -2.46. The van der Waals surface area contributed by atoms with Crippen LogP contribution in [0.2, 0.25) is 0 Å². The zero-order valence-corrected chi connectivity index (χ0v) is 9.97. The number of alkyl halides is 1. The number of aliphatic hydroxyl groups is 1. The summed E-state index contributed by atoms with van der Waals surface area (Å²) in [6.45, 7) is 1.92. The molecule has 0 bridgehead atoms. The van der Waals surface area contributed by atoms with E-state index in [1.807, 2.05) is 12.1 Å². The van der Waals surface area contributed by atoms with Crippen molar-refractivity contribution in [1.82, 2.24) is 9.88 Å². The van der Waals surface area contributed by atoms with Crippen molar-refractivity contribution in [1.29, 1.82) is 0 Å². The second-order valence-electron chi connectivity index (χ2n) is 4.78. The van der Waals surface area contributed by atoms with Crippen LogP contribution in [0.25, 0.3) is 11.1 Å². The number of likely N-dealkylation sites (tertiary alicyclic amines) is 1. The molecule has 18 heavy (non-hydrogen) atoms. The summed E-state index contributed by atoms with van der Waals surface area (Å²) in [5.74, 6) is 0.827. The van der Waals surface area contributed by atoms with Crippen LogP contribution in [0.1, 0.15) is 11.5 Å². The van der Waals surface area contributed by atoms with Crippen molar-refractivity contribution < 1.29 is 13.9 Å². The first-order valence-corrected chi connectivity index (χ1v) is 6.06. The van der Waals surface area contributed by atoms with Gasteiger partial charge in [0.2, 0.25) is 5.89 Å². The smallest absolute Gasteiger partial charge is 0.209 e. The molecule has 0 atom stereocenters. The van der Waals surface area contributed by atoms with E-state index in [0.29, 0.717) is 18.0 Å². The molecule has 2 aromatic rings. The molecule has 0 spiro atoms. The minimum atomic E-state index is -0.246. The Kier molecular flexibility index (Phi) is 3.01. The Labute approximate surface area is 104 Å². The molecule has 1 N–H and O–H groups in total. The van der Waals surface area contributed by atoms with Gasteiger partial charge in [-0.3, -0.25) is 9.29 Å². The fourth-order valence-corrected chi connectivity index (χ4v) is 2.28. The number of nitrogens with zero attached hydrogens (tertiary/aromatic N) is 2. The Morgan fingerprint density at radius 2 is 2.28 bits per heavy atom. The summed E-state index contributed by atoms with van der Waals surface area (Å²) < 4.78 is 17.9. The molecule has 3 rings (SSSR count). The van der Waals surface area contributed by atoms with E-state index in [0.717, 1.165) is 24.2 Å². The number of oxazole rings is 1. The third-order valence-corrected chi connectivity index (χ3v) is 3.29. The normalized spacial score (nSPS) is 17.2. The summed E-state index contributed by atoms with van der Waals surface area (Å²) in [5.41, 5.74) is 2.30. The Hall–Kier alpha value is -1.46. The largest absolute Gasteiger partial charge is 0.439 e. The van der Waals surface area contributed by atoms with Gasteiger partial charge in [-0.25, -0.2) is 4.98 Å². The second kappa shape index (κ2) is 4.66. The lowest BCUT2D eigenvalue weighted by Gasteiger charge is -2.36. The summed E-state index contributed by atoms with van der Waals surface area (Å²) in [7, 11) is 0. The minimum Gasteiger partial charge on any atom is -0.439 e. The quantitative estimate of drug-likeness (QED) is 0.897. The van der Waals surface area contributed by atoms with Crippen molar-refractivity contribution in [3.05, 3.63) is 29.7 Å². The van der Waals surface area contributed by atoms with E-state index >= 15 is 0 Å². The van der Waals surface area contributed by atoms with Crippen LogP contribution < -0.4 is 0 Å². The Morgan fingerprint density at radius 3 is 3.00 bits per heavy atom. The van der Waals surface area contributed by atoms with E-state index in [4.69, 9.17) is 9.52 Å². The van der Waals surface area contributed by atoms with Gasteiger partial charge in [0.1, 0.15) is 5.52 Å². The van der Waals surface area contributed by atoms with E-state index in [1.165, 1.54) is 0 Å². The van der Waals surface area contributed by atoms with Gasteiger partial charge >= 0.3 is 0 Å². The van der Waals surface area contributed by atoms with Crippen LogP contribution >= 0.6 is 0 Å². The average Bonchev–Trinajstić information content (AvgIpc) is 2.74. The monoisotopic (exact) mass is 250 g/mol. The standard InChI is InChI=1S/C13H15FN2O2/c14-4-10-5-16(6-10)7-13-15-11-2-1-9(8-17)3-12(11)18-13/h1-3,10,17H,4-8H2. The summed E-state index contributed by atoms with van der Waals surface area (Å²) in [5, 5.41) is 9.05. The van der Waals surface area contributed by atoms with Crippen molar-refractivity contribution in [2.24, 2.45) is 5.92 Å². The van der Waals surface area contributed by atoms with Crippen molar-refractivity contribution in [2.45, 2.75) is 13.2 Å². The Bertz CT molecular complexity index is 549. The molecule has 1 saturated heterocycles. The first-order chi connectivity index (χ1) is 8.78. The topological polar surface area (TPSA) is 49.5 Å². The molecular weight excluding hydrogens is 235 g/mol. The number of aliphatic hydroxyl groups excluding tert-OH is 1. The van der Waals surface area contributed by atoms with Crippen molar-refractivity contribution >= 4 is 11.1 Å². The lowest BCUT2D eigenvalue weighted by atomic mass is 10.0. The van der Waals surface area contributed by atoms with Gasteiger partial charge in [-0.15, -0.1) is 0 Å². The lowest BCUT2D eigenvalue weighted by molar-refractivity contribution is 0.0661. The number of hydrogen-bond donors (Lipinski definition) is 1. The number of rotatable bonds is 4. The summed E-state index contributed by atoms with van der Waals surface area (Å²) in [6, 6.07) is 5.47. The van der Waals surface area contributed by atoms with E-state index in [-0.39, 0.29) is 19.2 Å². The van der Waals surface area contributed by atoms with Crippen molar-refractivity contribution in [3.63, 3.8) is 0 Å². The molecule has 0 saturated carbocycles. The van der Waals surface area contributed by atoms with Crippen LogP contribution in [0.4, 0.5) is 4.39 Å². The highest BCUT2D eigenvalue weighted by atomic mass is 19.1. The molecule has 4 nitrogen and oxygen atoms in total. The summed E-state index contributed by atoms with van der Waals surface area (Å²) >= 11 is 0. The number of fused-ring (bicyclic) bond motifs is 1. The summed E-state index contributed by atoms with van der Waals surface area (Å²) in [6.07, 6.45) is 0.